The van der Waals surface area contributed by atoms with Crippen molar-refractivity contribution < 1.29 is 14.3 Å². The third-order valence-electron chi connectivity index (χ3n) is 4.71. The highest BCUT2D eigenvalue weighted by molar-refractivity contribution is 5.91. The number of amides is 1. The number of carbonyl (C=O) groups excluding carboxylic acids is 1. The second kappa shape index (κ2) is 7.38. The number of hydrogen-bond donors (Lipinski definition) is 2. The molecular weight excluding hydrogens is 356 g/mol. The van der Waals surface area contributed by atoms with Crippen LogP contribution in [0.5, 0.6) is 11.5 Å². The monoisotopic (exact) mass is 378 g/mol. The second-order valence-electron chi connectivity index (χ2n) is 7.13. The van der Waals surface area contributed by atoms with Gasteiger partial charge in [0.2, 0.25) is 5.91 Å². The number of anilines is 1. The maximum atomic E-state index is 12.4. The van der Waals surface area contributed by atoms with Gasteiger partial charge in [0, 0.05) is 29.1 Å². The van der Waals surface area contributed by atoms with Gasteiger partial charge in [-0.3, -0.25) is 9.59 Å². The molecule has 1 aliphatic heterocycles. The Kier molecular flexibility index (Phi) is 4.77. The first-order chi connectivity index (χ1) is 13.5. The zero-order valence-corrected chi connectivity index (χ0v) is 15.9. The van der Waals surface area contributed by atoms with Crippen LogP contribution in [0.2, 0.25) is 0 Å². The Morgan fingerprint density at radius 2 is 1.68 bits per heavy atom. The molecule has 2 N–H and O–H groups in total. The molecule has 0 unspecified atom stereocenters. The summed E-state index contributed by atoms with van der Waals surface area (Å²) in [6, 6.07) is 11.4. The van der Waals surface area contributed by atoms with Crippen LogP contribution in [0.4, 0.5) is 5.69 Å². The fraction of sp³-hybridized carbons (Fsp3) is 0.273. The fourth-order valence-electron chi connectivity index (χ4n) is 3.49. The van der Waals surface area contributed by atoms with E-state index in [1.54, 1.807) is 6.07 Å². The number of pyridine rings is 1. The van der Waals surface area contributed by atoms with Gasteiger partial charge in [-0.15, -0.1) is 0 Å². The summed E-state index contributed by atoms with van der Waals surface area (Å²) in [5.74, 6) is 1.19. The Morgan fingerprint density at radius 1 is 1.00 bits per heavy atom. The maximum Gasteiger partial charge on any atom is 0.251 e. The van der Waals surface area contributed by atoms with E-state index >= 15 is 0 Å². The maximum absolute atomic E-state index is 12.4. The molecule has 6 heteroatoms. The smallest absolute Gasteiger partial charge is 0.251 e. The van der Waals surface area contributed by atoms with Crippen molar-refractivity contribution in [3.05, 3.63) is 63.4 Å². The summed E-state index contributed by atoms with van der Waals surface area (Å²) in [5, 5.41) is 3.76. The largest absolute Gasteiger partial charge is 0.486 e. The molecule has 0 radical (unpaired) electrons. The molecule has 1 aromatic heterocycles. The Hall–Kier alpha value is -3.28. The summed E-state index contributed by atoms with van der Waals surface area (Å²) in [6.45, 7) is 4.99. The molecule has 2 aromatic carbocycles. The van der Waals surface area contributed by atoms with Gasteiger partial charge in [0.1, 0.15) is 13.2 Å². The van der Waals surface area contributed by atoms with Gasteiger partial charge in [-0.2, -0.15) is 0 Å². The van der Waals surface area contributed by atoms with E-state index in [-0.39, 0.29) is 17.9 Å². The summed E-state index contributed by atoms with van der Waals surface area (Å²) in [4.78, 5) is 27.6. The number of hydrogen-bond acceptors (Lipinski definition) is 4. The van der Waals surface area contributed by atoms with E-state index < -0.39 is 0 Å². The summed E-state index contributed by atoms with van der Waals surface area (Å²) in [5.41, 5.74) is 4.03. The minimum absolute atomic E-state index is 0.119. The van der Waals surface area contributed by atoms with Crippen LogP contribution in [0.1, 0.15) is 23.1 Å². The molecule has 0 bridgehead atoms. The van der Waals surface area contributed by atoms with E-state index in [1.165, 1.54) is 0 Å². The lowest BCUT2D eigenvalue weighted by atomic mass is 10.1. The predicted molar refractivity (Wildman–Crippen MR) is 108 cm³/mol. The van der Waals surface area contributed by atoms with Gasteiger partial charge in [0.25, 0.3) is 5.56 Å². The summed E-state index contributed by atoms with van der Waals surface area (Å²) in [7, 11) is 0. The van der Waals surface area contributed by atoms with Crippen molar-refractivity contribution in [2.45, 2.75) is 26.7 Å². The number of H-pyrrole nitrogens is 1. The molecule has 144 valence electrons. The number of benzene rings is 2. The molecule has 0 fully saturated rings. The van der Waals surface area contributed by atoms with Crippen LogP contribution in [0.3, 0.4) is 0 Å². The standard InChI is InChI=1S/C22H22N2O4/c1-13-7-14(2)9-17(8-13)23-21(25)4-3-15-10-16-11-19-20(28-6-5-27-19)12-18(16)24-22(15)26/h7-12H,3-6H2,1-2H3,(H,23,25)(H,24,26). The van der Waals surface area contributed by atoms with Crippen molar-refractivity contribution in [1.82, 2.24) is 4.98 Å². The predicted octanol–water partition coefficient (Wildman–Crippen LogP) is 3.49. The van der Waals surface area contributed by atoms with Gasteiger partial charge in [0.15, 0.2) is 11.5 Å². The minimum atomic E-state index is -0.191. The molecule has 1 aliphatic rings. The first kappa shape index (κ1) is 18.1. The van der Waals surface area contributed by atoms with Crippen LogP contribution in [0.15, 0.2) is 41.2 Å². The van der Waals surface area contributed by atoms with Gasteiger partial charge in [-0.25, -0.2) is 0 Å². The number of aryl methyl sites for hydroxylation is 3. The average molecular weight is 378 g/mol. The molecule has 28 heavy (non-hydrogen) atoms. The zero-order chi connectivity index (χ0) is 19.7. The molecule has 0 saturated heterocycles. The number of aromatic amines is 1. The fourth-order valence-corrected chi connectivity index (χ4v) is 3.49. The molecule has 0 atom stereocenters. The van der Waals surface area contributed by atoms with E-state index in [4.69, 9.17) is 9.47 Å². The van der Waals surface area contributed by atoms with Gasteiger partial charge >= 0.3 is 0 Å². The number of carbonyl (C=O) groups is 1. The molecule has 6 nitrogen and oxygen atoms in total. The first-order valence-corrected chi connectivity index (χ1v) is 9.32. The highest BCUT2D eigenvalue weighted by atomic mass is 16.6. The zero-order valence-electron chi connectivity index (χ0n) is 15.9. The van der Waals surface area contributed by atoms with Crippen molar-refractivity contribution in [2.24, 2.45) is 0 Å². The lowest BCUT2D eigenvalue weighted by Crippen LogP contribution is -2.18. The Balaban J connectivity index is 1.50. The van der Waals surface area contributed by atoms with Crippen LogP contribution < -0.4 is 20.3 Å². The van der Waals surface area contributed by atoms with E-state index in [1.807, 2.05) is 38.1 Å². The third kappa shape index (κ3) is 3.86. The number of aromatic nitrogens is 1. The summed E-state index contributed by atoms with van der Waals surface area (Å²) >= 11 is 0. The second-order valence-corrected chi connectivity index (χ2v) is 7.13. The molecule has 0 saturated carbocycles. The Morgan fingerprint density at radius 3 is 2.39 bits per heavy atom. The molecule has 3 aromatic rings. The van der Waals surface area contributed by atoms with Gasteiger partial charge in [-0.1, -0.05) is 6.07 Å². The summed E-state index contributed by atoms with van der Waals surface area (Å²) in [6.07, 6.45) is 0.586. The van der Waals surface area contributed by atoms with Crippen LogP contribution in [-0.2, 0) is 11.2 Å². The normalized spacial score (nSPS) is 12.8. The third-order valence-corrected chi connectivity index (χ3v) is 4.71. The quantitative estimate of drug-likeness (QED) is 0.728. The van der Waals surface area contributed by atoms with Crippen molar-refractivity contribution in [3.63, 3.8) is 0 Å². The van der Waals surface area contributed by atoms with Crippen molar-refractivity contribution in [2.75, 3.05) is 18.5 Å². The molecular formula is C22H22N2O4. The van der Waals surface area contributed by atoms with E-state index in [0.717, 1.165) is 22.2 Å². The molecule has 0 aliphatic carbocycles. The van der Waals surface area contributed by atoms with Crippen LogP contribution in [-0.4, -0.2) is 24.1 Å². The van der Waals surface area contributed by atoms with Gasteiger partial charge in [0.05, 0.1) is 5.52 Å². The van der Waals surface area contributed by atoms with E-state index in [2.05, 4.69) is 16.4 Å². The first-order valence-electron chi connectivity index (χ1n) is 9.32. The molecule has 4 rings (SSSR count). The van der Waals surface area contributed by atoms with Crippen molar-refractivity contribution in [3.8, 4) is 11.5 Å². The molecule has 1 amide bonds. The van der Waals surface area contributed by atoms with Crippen LogP contribution in [0, 0.1) is 13.8 Å². The summed E-state index contributed by atoms with van der Waals surface area (Å²) < 4.78 is 11.2. The van der Waals surface area contributed by atoms with Gasteiger partial charge in [-0.05, 0) is 55.7 Å². The lowest BCUT2D eigenvalue weighted by molar-refractivity contribution is -0.116. The van der Waals surface area contributed by atoms with Crippen molar-refractivity contribution in [1.29, 1.82) is 0 Å². The van der Waals surface area contributed by atoms with Crippen molar-refractivity contribution >= 4 is 22.5 Å². The number of rotatable bonds is 4. The molecule has 2 heterocycles. The van der Waals surface area contributed by atoms with E-state index in [9.17, 15) is 9.59 Å². The minimum Gasteiger partial charge on any atom is -0.486 e. The number of nitrogens with one attached hydrogen (secondary N) is 2. The average Bonchev–Trinajstić information content (AvgIpc) is 2.64. The molecule has 0 spiro atoms. The highest BCUT2D eigenvalue weighted by Gasteiger charge is 2.14. The number of ether oxygens (including phenoxy) is 2. The van der Waals surface area contributed by atoms with Crippen LogP contribution >= 0.6 is 0 Å². The van der Waals surface area contributed by atoms with Crippen LogP contribution in [0.25, 0.3) is 10.9 Å². The Labute approximate surface area is 162 Å². The highest BCUT2D eigenvalue weighted by Crippen LogP contribution is 2.33. The topological polar surface area (TPSA) is 80.4 Å². The SMILES string of the molecule is Cc1cc(C)cc(NC(=O)CCc2cc3cc4c(cc3[nH]c2=O)OCCO4)c1. The van der Waals surface area contributed by atoms with E-state index in [0.29, 0.717) is 42.2 Å². The van der Waals surface area contributed by atoms with Gasteiger partial charge < -0.3 is 19.8 Å². The lowest BCUT2D eigenvalue weighted by Gasteiger charge is -2.18. The Bertz CT molecular complexity index is 1100. The number of fused-ring (bicyclic) bond motifs is 2.